The van der Waals surface area contributed by atoms with E-state index in [2.05, 4.69) is 0 Å². The highest BCUT2D eigenvalue weighted by Gasteiger charge is 2.38. The van der Waals surface area contributed by atoms with Gasteiger partial charge in [0.1, 0.15) is 0 Å². The van der Waals surface area contributed by atoms with E-state index in [1.165, 1.54) is 36.0 Å². The highest BCUT2D eigenvalue weighted by atomic mass is 35.5. The largest absolute Gasteiger partial charge is 0.471 e. The number of carbonyl (C=O) groups is 3. The summed E-state index contributed by atoms with van der Waals surface area (Å²) in [5.41, 5.74) is 0.305. The number of nitrogens with zero attached hydrogens (tertiary/aromatic N) is 1. The molecule has 0 radical (unpaired) electrons. The smallest absolute Gasteiger partial charge is 0.350 e. The van der Waals surface area contributed by atoms with Gasteiger partial charge in [-0.05, 0) is 23.7 Å². The van der Waals surface area contributed by atoms with Gasteiger partial charge in [0.05, 0.1) is 11.1 Å². The van der Waals surface area contributed by atoms with Gasteiger partial charge in [-0.15, -0.1) is 0 Å². The van der Waals surface area contributed by atoms with Gasteiger partial charge < -0.3 is 9.88 Å². The molecular weight excluding hydrogens is 325 g/mol. The van der Waals surface area contributed by atoms with Gasteiger partial charge in [0.25, 0.3) is 5.24 Å². The molecule has 116 valence electrons. The van der Waals surface area contributed by atoms with Gasteiger partial charge in [0, 0.05) is 24.3 Å². The molecule has 22 heavy (non-hydrogen) atoms. The number of fused-ring (bicyclic) bond motifs is 1. The summed E-state index contributed by atoms with van der Waals surface area (Å²) in [5.74, 6) is -3.02. The second-order valence-electron chi connectivity index (χ2n) is 4.44. The van der Waals surface area contributed by atoms with Crippen LogP contribution in [0.3, 0.4) is 0 Å². The highest BCUT2D eigenvalue weighted by molar-refractivity contribution is 6.83. The number of aromatic nitrogens is 1. The Morgan fingerprint density at radius 1 is 1.23 bits per heavy atom. The molecule has 1 aromatic carbocycles. The Hall–Kier alpha value is -2.35. The molecule has 1 amide bonds. The summed E-state index contributed by atoms with van der Waals surface area (Å²) in [6.07, 6.45) is -3.67. The first-order valence-corrected chi connectivity index (χ1v) is 6.20. The third kappa shape index (κ3) is 2.96. The second-order valence-corrected chi connectivity index (χ2v) is 4.78. The average molecular weight is 333 g/mol. The van der Waals surface area contributed by atoms with E-state index in [1.807, 2.05) is 0 Å². The summed E-state index contributed by atoms with van der Waals surface area (Å²) in [6.45, 7) is 0. The maximum atomic E-state index is 12.2. The number of hydrogen-bond acceptors (Lipinski definition) is 3. The van der Waals surface area contributed by atoms with Crippen molar-refractivity contribution < 1.29 is 27.6 Å². The lowest BCUT2D eigenvalue weighted by atomic mass is 10.1. The van der Waals surface area contributed by atoms with Crippen molar-refractivity contribution in [3.8, 4) is 0 Å². The van der Waals surface area contributed by atoms with Gasteiger partial charge >= 0.3 is 12.1 Å². The average Bonchev–Trinajstić information content (AvgIpc) is 2.74. The zero-order chi connectivity index (χ0) is 16.7. The summed E-state index contributed by atoms with van der Waals surface area (Å²) < 4.78 is 38.1. The Morgan fingerprint density at radius 2 is 1.86 bits per heavy atom. The van der Waals surface area contributed by atoms with Crippen LogP contribution < -0.4 is 5.32 Å². The minimum absolute atomic E-state index is 0.0335. The Kier molecular flexibility index (Phi) is 3.97. The van der Waals surface area contributed by atoms with Crippen LogP contribution in [0.1, 0.15) is 10.4 Å². The van der Waals surface area contributed by atoms with Crippen LogP contribution in [0.25, 0.3) is 10.9 Å². The van der Waals surface area contributed by atoms with E-state index in [-0.39, 0.29) is 11.3 Å². The molecule has 0 spiro atoms. The quantitative estimate of drug-likeness (QED) is 0.534. The first-order valence-electron chi connectivity index (χ1n) is 5.82. The molecule has 0 saturated heterocycles. The molecule has 0 bridgehead atoms. The van der Waals surface area contributed by atoms with Crippen molar-refractivity contribution in [2.24, 2.45) is 7.05 Å². The van der Waals surface area contributed by atoms with E-state index in [0.29, 0.717) is 10.9 Å². The molecule has 0 aliphatic heterocycles. The third-order valence-electron chi connectivity index (χ3n) is 2.93. The zero-order valence-corrected chi connectivity index (χ0v) is 11.7. The number of aryl methyl sites for hydroxylation is 1. The Morgan fingerprint density at radius 3 is 2.41 bits per heavy atom. The maximum absolute atomic E-state index is 12.2. The third-order valence-corrected chi connectivity index (χ3v) is 3.10. The van der Waals surface area contributed by atoms with Crippen LogP contribution in [0, 0.1) is 0 Å². The number of ketones is 1. The lowest BCUT2D eigenvalue weighted by molar-refractivity contribution is -0.167. The minimum atomic E-state index is -5.00. The minimum Gasteiger partial charge on any atom is -0.350 e. The lowest BCUT2D eigenvalue weighted by Crippen LogP contribution is -2.29. The molecule has 9 heteroatoms. The molecule has 0 aliphatic rings. The summed E-state index contributed by atoms with van der Waals surface area (Å²) in [7, 11) is 1.53. The van der Waals surface area contributed by atoms with Gasteiger partial charge in [-0.25, -0.2) is 0 Å². The zero-order valence-electron chi connectivity index (χ0n) is 11.0. The van der Waals surface area contributed by atoms with Crippen molar-refractivity contribution in [3.05, 3.63) is 30.0 Å². The predicted octanol–water partition coefficient (Wildman–Crippen LogP) is 2.63. The van der Waals surface area contributed by atoms with Crippen LogP contribution in [0.4, 0.5) is 18.9 Å². The molecule has 0 saturated carbocycles. The van der Waals surface area contributed by atoms with Gasteiger partial charge in [-0.1, -0.05) is 6.07 Å². The molecule has 1 N–H and O–H groups in total. The molecule has 1 heterocycles. The lowest BCUT2D eigenvalue weighted by Gasteiger charge is -2.08. The molecule has 0 unspecified atom stereocenters. The molecule has 2 aromatic rings. The van der Waals surface area contributed by atoms with Crippen molar-refractivity contribution in [3.63, 3.8) is 0 Å². The van der Waals surface area contributed by atoms with Crippen LogP contribution in [-0.4, -0.2) is 27.7 Å². The highest BCUT2D eigenvalue weighted by Crippen LogP contribution is 2.26. The number of carbonyl (C=O) groups excluding carboxylic acids is 3. The normalized spacial score (nSPS) is 11.5. The standard InChI is InChI=1S/C13H8ClF3N2O3/c1-19-5-8(10(20)11(14)21)7-3-2-6(4-9(7)19)18-12(22)13(15,16)17/h2-5H,1H3,(H,18,22). The summed E-state index contributed by atoms with van der Waals surface area (Å²) >= 11 is 5.14. The molecule has 0 aliphatic carbocycles. The van der Waals surface area contributed by atoms with Crippen LogP contribution in [0.2, 0.25) is 0 Å². The van der Waals surface area contributed by atoms with Gasteiger partial charge in [0.15, 0.2) is 0 Å². The number of hydrogen-bond donors (Lipinski definition) is 1. The predicted molar refractivity (Wildman–Crippen MR) is 72.8 cm³/mol. The Bertz CT molecular complexity index is 796. The van der Waals surface area contributed by atoms with Crippen LogP contribution >= 0.6 is 11.6 Å². The van der Waals surface area contributed by atoms with Crippen molar-refractivity contribution in [2.75, 3.05) is 5.32 Å². The molecule has 0 atom stereocenters. The Labute approximate surface area is 126 Å². The molecular formula is C13H8ClF3N2O3. The van der Waals surface area contributed by atoms with E-state index in [1.54, 1.807) is 5.32 Å². The molecule has 0 fully saturated rings. The van der Waals surface area contributed by atoms with E-state index in [9.17, 15) is 27.6 Å². The van der Waals surface area contributed by atoms with Crippen molar-refractivity contribution >= 4 is 45.1 Å². The van der Waals surface area contributed by atoms with Gasteiger partial charge in [-0.3, -0.25) is 14.4 Å². The fraction of sp³-hybridized carbons (Fsp3) is 0.154. The number of amides is 1. The number of Topliss-reactive ketones (excluding diaryl/α,β-unsaturated/α-hetero) is 1. The fourth-order valence-electron chi connectivity index (χ4n) is 1.95. The molecule has 1 aromatic heterocycles. The van der Waals surface area contributed by atoms with E-state index in [4.69, 9.17) is 11.6 Å². The maximum Gasteiger partial charge on any atom is 0.471 e. The number of rotatable bonds is 3. The Balaban J connectivity index is 2.45. The van der Waals surface area contributed by atoms with E-state index in [0.717, 1.165) is 0 Å². The summed E-state index contributed by atoms with van der Waals surface area (Å²) in [6, 6.07) is 3.78. The number of halogens is 4. The number of anilines is 1. The van der Waals surface area contributed by atoms with Crippen LogP contribution in [0.15, 0.2) is 24.4 Å². The summed E-state index contributed by atoms with van der Waals surface area (Å²) in [4.78, 5) is 33.5. The SMILES string of the molecule is Cn1cc(C(=O)C(=O)Cl)c2ccc(NC(=O)C(F)(F)F)cc21. The van der Waals surface area contributed by atoms with Crippen molar-refractivity contribution in [1.82, 2.24) is 4.57 Å². The van der Waals surface area contributed by atoms with Crippen LogP contribution in [-0.2, 0) is 16.6 Å². The number of alkyl halides is 3. The first-order chi connectivity index (χ1) is 10.1. The molecule has 5 nitrogen and oxygen atoms in total. The van der Waals surface area contributed by atoms with Crippen molar-refractivity contribution in [2.45, 2.75) is 6.18 Å². The fourth-order valence-corrected chi connectivity index (χ4v) is 2.05. The van der Waals surface area contributed by atoms with Gasteiger partial charge in [0.2, 0.25) is 5.78 Å². The second kappa shape index (κ2) is 5.45. The van der Waals surface area contributed by atoms with Gasteiger partial charge in [-0.2, -0.15) is 13.2 Å². The van der Waals surface area contributed by atoms with Crippen LogP contribution in [0.5, 0.6) is 0 Å². The topological polar surface area (TPSA) is 68.2 Å². The summed E-state index contributed by atoms with van der Waals surface area (Å²) in [5, 5.41) is 0.882. The first kappa shape index (κ1) is 16.0. The molecule has 2 rings (SSSR count). The number of nitrogens with one attached hydrogen (secondary N) is 1. The van der Waals surface area contributed by atoms with E-state index < -0.39 is 23.1 Å². The van der Waals surface area contributed by atoms with E-state index >= 15 is 0 Å². The number of benzene rings is 1. The monoisotopic (exact) mass is 332 g/mol. The van der Waals surface area contributed by atoms with Crippen molar-refractivity contribution in [1.29, 1.82) is 0 Å².